The second-order valence-corrected chi connectivity index (χ2v) is 8.10. The summed E-state index contributed by atoms with van der Waals surface area (Å²) in [6.45, 7) is 3.46. The fourth-order valence-electron chi connectivity index (χ4n) is 3.88. The van der Waals surface area contributed by atoms with E-state index in [9.17, 15) is 5.11 Å². The summed E-state index contributed by atoms with van der Waals surface area (Å²) in [6, 6.07) is 24.8. The minimum Gasteiger partial charge on any atom is -0.494 e. The fraction of sp³-hybridized carbons (Fsp3) is 0.240. The number of aliphatic imine (C=N–C) groups is 1. The first-order valence-corrected chi connectivity index (χ1v) is 11.0. The second-order valence-electron chi connectivity index (χ2n) is 7.18. The number of fused-ring (bicyclic) bond motifs is 1. The standard InChI is InChI=1S/C25H25BrN2O2/c1-2-30-21-12-9-19(10-13-21)25-27-23-14-11-20(26)17-22(23)24(28(25)15-6-16-29)18-7-4-3-5-8-18/h3-5,7-14,17,24,29H,2,6,15-16H2,1H3. The summed E-state index contributed by atoms with van der Waals surface area (Å²) >= 11 is 3.62. The third kappa shape index (κ3) is 4.27. The van der Waals surface area contributed by atoms with Gasteiger partial charge in [0.25, 0.3) is 0 Å². The third-order valence-corrected chi connectivity index (χ3v) is 5.68. The fourth-order valence-corrected chi connectivity index (χ4v) is 4.26. The number of aliphatic hydroxyl groups excluding tert-OH is 1. The van der Waals surface area contributed by atoms with E-state index in [1.54, 1.807) is 0 Å². The van der Waals surface area contributed by atoms with E-state index in [1.165, 1.54) is 5.56 Å². The zero-order chi connectivity index (χ0) is 20.9. The first-order valence-electron chi connectivity index (χ1n) is 10.2. The molecule has 1 unspecified atom stereocenters. The largest absolute Gasteiger partial charge is 0.494 e. The molecule has 4 rings (SSSR count). The topological polar surface area (TPSA) is 45.1 Å². The highest BCUT2D eigenvalue weighted by Crippen LogP contribution is 2.41. The maximum absolute atomic E-state index is 9.55. The molecule has 0 radical (unpaired) electrons. The van der Waals surface area contributed by atoms with Gasteiger partial charge in [0.2, 0.25) is 0 Å². The zero-order valence-corrected chi connectivity index (χ0v) is 18.5. The highest BCUT2D eigenvalue weighted by Gasteiger charge is 2.31. The number of benzene rings is 3. The number of halogens is 1. The Balaban J connectivity index is 1.85. The van der Waals surface area contributed by atoms with Gasteiger partial charge in [-0.2, -0.15) is 0 Å². The Morgan fingerprint density at radius 2 is 1.80 bits per heavy atom. The molecule has 0 aromatic heterocycles. The van der Waals surface area contributed by atoms with Crippen LogP contribution in [-0.4, -0.2) is 35.6 Å². The molecule has 0 amide bonds. The Kier molecular flexibility index (Phi) is 6.50. The molecule has 0 fully saturated rings. The number of rotatable bonds is 7. The van der Waals surface area contributed by atoms with Crippen molar-refractivity contribution in [3.63, 3.8) is 0 Å². The summed E-state index contributed by atoms with van der Waals surface area (Å²) in [5.74, 6) is 1.76. The minimum atomic E-state index is 0.0179. The van der Waals surface area contributed by atoms with Gasteiger partial charge < -0.3 is 14.7 Å². The average Bonchev–Trinajstić information content (AvgIpc) is 2.78. The van der Waals surface area contributed by atoms with E-state index < -0.39 is 0 Å². The predicted octanol–water partition coefficient (Wildman–Crippen LogP) is 5.71. The van der Waals surface area contributed by atoms with Crippen molar-refractivity contribution in [1.29, 1.82) is 0 Å². The molecule has 30 heavy (non-hydrogen) atoms. The van der Waals surface area contributed by atoms with E-state index in [4.69, 9.17) is 9.73 Å². The highest BCUT2D eigenvalue weighted by atomic mass is 79.9. The average molecular weight is 465 g/mol. The summed E-state index contributed by atoms with van der Waals surface area (Å²) in [7, 11) is 0. The molecule has 0 bridgehead atoms. The number of hydrogen-bond acceptors (Lipinski definition) is 4. The van der Waals surface area contributed by atoms with Crippen molar-refractivity contribution < 1.29 is 9.84 Å². The van der Waals surface area contributed by atoms with Crippen LogP contribution in [0.3, 0.4) is 0 Å². The van der Waals surface area contributed by atoms with E-state index in [1.807, 2.05) is 31.2 Å². The molecule has 0 saturated carbocycles. The van der Waals surface area contributed by atoms with Crippen LogP contribution in [0.4, 0.5) is 5.69 Å². The SMILES string of the molecule is CCOc1ccc(C2=Nc3ccc(Br)cc3C(c3ccccc3)N2CCCO)cc1. The monoisotopic (exact) mass is 464 g/mol. The molecular weight excluding hydrogens is 440 g/mol. The molecule has 1 atom stereocenters. The molecule has 4 nitrogen and oxygen atoms in total. The maximum atomic E-state index is 9.55. The lowest BCUT2D eigenvalue weighted by Crippen LogP contribution is -2.39. The number of hydrogen-bond donors (Lipinski definition) is 1. The van der Waals surface area contributed by atoms with Crippen LogP contribution in [0.2, 0.25) is 0 Å². The molecule has 1 aliphatic rings. The van der Waals surface area contributed by atoms with Crippen LogP contribution in [0.25, 0.3) is 0 Å². The molecular formula is C25H25BrN2O2. The van der Waals surface area contributed by atoms with Crippen LogP contribution in [0.5, 0.6) is 5.75 Å². The molecule has 154 valence electrons. The summed E-state index contributed by atoms with van der Waals surface area (Å²) < 4.78 is 6.64. The Morgan fingerprint density at radius 1 is 1.03 bits per heavy atom. The second kappa shape index (κ2) is 9.45. The summed E-state index contributed by atoms with van der Waals surface area (Å²) in [6.07, 6.45) is 0.669. The normalized spacial score (nSPS) is 15.5. The van der Waals surface area contributed by atoms with Crippen LogP contribution >= 0.6 is 15.9 Å². The van der Waals surface area contributed by atoms with Crippen LogP contribution in [0.1, 0.15) is 36.1 Å². The first kappa shape index (κ1) is 20.6. The van der Waals surface area contributed by atoms with Crippen molar-refractivity contribution in [3.05, 3.63) is 94.0 Å². The number of ether oxygens (including phenoxy) is 1. The lowest BCUT2D eigenvalue weighted by atomic mass is 9.92. The molecule has 0 saturated heterocycles. The number of nitrogens with zero attached hydrogens (tertiary/aromatic N) is 2. The molecule has 1 aliphatic heterocycles. The van der Waals surface area contributed by atoms with Crippen LogP contribution in [-0.2, 0) is 0 Å². The molecule has 1 heterocycles. The lowest BCUT2D eigenvalue weighted by molar-refractivity contribution is 0.254. The third-order valence-electron chi connectivity index (χ3n) is 5.19. The number of aliphatic hydroxyl groups is 1. The van der Waals surface area contributed by atoms with E-state index in [0.29, 0.717) is 19.6 Å². The van der Waals surface area contributed by atoms with Crippen molar-refractivity contribution in [3.8, 4) is 5.75 Å². The van der Waals surface area contributed by atoms with Gasteiger partial charge >= 0.3 is 0 Å². The van der Waals surface area contributed by atoms with Crippen molar-refractivity contribution in [1.82, 2.24) is 4.90 Å². The van der Waals surface area contributed by atoms with E-state index in [2.05, 4.69) is 69.4 Å². The van der Waals surface area contributed by atoms with Gasteiger partial charge in [-0.3, -0.25) is 0 Å². The van der Waals surface area contributed by atoms with Crippen molar-refractivity contribution >= 4 is 27.5 Å². The molecule has 1 N–H and O–H groups in total. The first-order chi connectivity index (χ1) is 14.7. The van der Waals surface area contributed by atoms with Gasteiger partial charge in [-0.05, 0) is 61.4 Å². The smallest absolute Gasteiger partial charge is 0.137 e. The number of amidine groups is 1. The van der Waals surface area contributed by atoms with Gasteiger partial charge in [0, 0.05) is 28.8 Å². The molecule has 0 spiro atoms. The summed E-state index contributed by atoms with van der Waals surface area (Å²) in [5, 5.41) is 9.55. The van der Waals surface area contributed by atoms with Crippen molar-refractivity contribution in [2.24, 2.45) is 4.99 Å². The molecule has 5 heteroatoms. The van der Waals surface area contributed by atoms with E-state index in [-0.39, 0.29) is 12.6 Å². The predicted molar refractivity (Wildman–Crippen MR) is 125 cm³/mol. The van der Waals surface area contributed by atoms with Gasteiger partial charge in [-0.25, -0.2) is 4.99 Å². The van der Waals surface area contributed by atoms with Crippen molar-refractivity contribution in [2.75, 3.05) is 19.8 Å². The van der Waals surface area contributed by atoms with Gasteiger partial charge in [0.05, 0.1) is 18.3 Å². The van der Waals surface area contributed by atoms with Crippen LogP contribution in [0.15, 0.2) is 82.3 Å². The van der Waals surface area contributed by atoms with E-state index >= 15 is 0 Å². The highest BCUT2D eigenvalue weighted by molar-refractivity contribution is 9.10. The molecule has 3 aromatic rings. The quantitative estimate of drug-likeness (QED) is 0.486. The van der Waals surface area contributed by atoms with Gasteiger partial charge in [0.15, 0.2) is 0 Å². The van der Waals surface area contributed by atoms with Gasteiger partial charge in [0.1, 0.15) is 11.6 Å². The lowest BCUT2D eigenvalue weighted by Gasteiger charge is -2.39. The van der Waals surface area contributed by atoms with E-state index in [0.717, 1.165) is 32.9 Å². The van der Waals surface area contributed by atoms with Gasteiger partial charge in [-0.1, -0.05) is 46.3 Å². The molecule has 3 aromatic carbocycles. The Bertz CT molecular complexity index is 1020. The van der Waals surface area contributed by atoms with Gasteiger partial charge in [-0.15, -0.1) is 0 Å². The Hall–Kier alpha value is -2.63. The van der Waals surface area contributed by atoms with Crippen molar-refractivity contribution in [2.45, 2.75) is 19.4 Å². The summed E-state index contributed by atoms with van der Waals surface area (Å²) in [5.41, 5.74) is 4.36. The van der Waals surface area contributed by atoms with Crippen LogP contribution < -0.4 is 4.74 Å². The molecule has 0 aliphatic carbocycles. The Labute approximate surface area is 186 Å². The Morgan fingerprint density at radius 3 is 2.50 bits per heavy atom. The summed E-state index contributed by atoms with van der Waals surface area (Å²) in [4.78, 5) is 7.34. The maximum Gasteiger partial charge on any atom is 0.137 e. The minimum absolute atomic E-state index is 0.0179. The zero-order valence-electron chi connectivity index (χ0n) is 17.0. The van der Waals surface area contributed by atoms with Crippen LogP contribution in [0, 0.1) is 0 Å².